The van der Waals surface area contributed by atoms with Gasteiger partial charge in [-0.1, -0.05) is 17.9 Å². The lowest BCUT2D eigenvalue weighted by molar-refractivity contribution is 0.0922. The molecular formula is C17H22N2O2. The highest BCUT2D eigenvalue weighted by atomic mass is 16.5. The van der Waals surface area contributed by atoms with E-state index in [0.717, 1.165) is 30.8 Å². The summed E-state index contributed by atoms with van der Waals surface area (Å²) in [6.45, 7) is 5.83. The predicted molar refractivity (Wildman–Crippen MR) is 83.0 cm³/mol. The number of hydrogen-bond donors (Lipinski definition) is 2. The molecule has 112 valence electrons. The Balaban J connectivity index is 2.08. The average Bonchev–Trinajstić information content (AvgIpc) is 3.00. The van der Waals surface area contributed by atoms with Crippen molar-refractivity contribution in [2.75, 3.05) is 19.8 Å². The molecule has 0 aromatic heterocycles. The summed E-state index contributed by atoms with van der Waals surface area (Å²) in [5.74, 6) is 6.16. The summed E-state index contributed by atoms with van der Waals surface area (Å²) < 4.78 is 5.36. The minimum atomic E-state index is -0.0646. The summed E-state index contributed by atoms with van der Waals surface area (Å²) in [7, 11) is 0. The molecule has 2 rings (SSSR count). The van der Waals surface area contributed by atoms with Gasteiger partial charge in [0.25, 0.3) is 5.91 Å². The maximum Gasteiger partial charge on any atom is 0.251 e. The zero-order valence-corrected chi connectivity index (χ0v) is 12.6. The van der Waals surface area contributed by atoms with Gasteiger partial charge in [-0.25, -0.2) is 0 Å². The van der Waals surface area contributed by atoms with Crippen molar-refractivity contribution in [3.63, 3.8) is 0 Å². The Hall–Kier alpha value is -1.83. The minimum absolute atomic E-state index is 0.0646. The van der Waals surface area contributed by atoms with Gasteiger partial charge in [0.2, 0.25) is 0 Å². The van der Waals surface area contributed by atoms with E-state index >= 15 is 0 Å². The van der Waals surface area contributed by atoms with E-state index in [2.05, 4.69) is 17.2 Å². The lowest BCUT2D eigenvalue weighted by atomic mass is 9.99. The Morgan fingerprint density at radius 3 is 3.05 bits per heavy atom. The number of rotatable bonds is 3. The lowest BCUT2D eigenvalue weighted by Gasteiger charge is -2.19. The Bertz CT molecular complexity index is 566. The van der Waals surface area contributed by atoms with E-state index in [9.17, 15) is 4.79 Å². The van der Waals surface area contributed by atoms with E-state index in [1.165, 1.54) is 0 Å². The number of aryl methyl sites for hydroxylation is 1. The van der Waals surface area contributed by atoms with Crippen LogP contribution in [0.15, 0.2) is 18.2 Å². The van der Waals surface area contributed by atoms with Gasteiger partial charge in [-0.05, 0) is 38.0 Å². The summed E-state index contributed by atoms with van der Waals surface area (Å²) in [4.78, 5) is 12.3. The molecule has 3 N–H and O–H groups in total. The van der Waals surface area contributed by atoms with E-state index in [1.54, 1.807) is 0 Å². The fraction of sp³-hybridized carbons (Fsp3) is 0.471. The molecule has 0 saturated carbocycles. The first-order chi connectivity index (χ1) is 10.1. The molecule has 1 amide bonds. The van der Waals surface area contributed by atoms with Crippen LogP contribution in [0.3, 0.4) is 0 Å². The first-order valence-electron chi connectivity index (χ1n) is 7.30. The molecule has 1 aliphatic heterocycles. The largest absolute Gasteiger partial charge is 0.381 e. The zero-order valence-electron chi connectivity index (χ0n) is 12.6. The quantitative estimate of drug-likeness (QED) is 0.827. The topological polar surface area (TPSA) is 64.3 Å². The van der Waals surface area contributed by atoms with Gasteiger partial charge in [-0.15, -0.1) is 0 Å². The number of carbonyl (C=O) groups excluding carboxylic acids is 1. The number of nitrogens with one attached hydrogen (secondary N) is 1. The third kappa shape index (κ3) is 4.07. The Labute approximate surface area is 126 Å². The molecular weight excluding hydrogens is 264 g/mol. The van der Waals surface area contributed by atoms with Crippen LogP contribution in [0.2, 0.25) is 0 Å². The van der Waals surface area contributed by atoms with Crippen molar-refractivity contribution < 1.29 is 9.53 Å². The summed E-state index contributed by atoms with van der Waals surface area (Å²) >= 11 is 0. The molecule has 0 spiro atoms. The molecule has 4 heteroatoms. The summed E-state index contributed by atoms with van der Waals surface area (Å²) in [5, 5.41) is 3.05. The minimum Gasteiger partial charge on any atom is -0.381 e. The molecule has 2 atom stereocenters. The van der Waals surface area contributed by atoms with Gasteiger partial charge >= 0.3 is 0 Å². The molecule has 1 saturated heterocycles. The Morgan fingerprint density at radius 1 is 1.57 bits per heavy atom. The standard InChI is InChI=1S/C17H22N2O2/c1-12-5-6-15(10-14(12)4-3-8-18)17(20)19-13(2)16-7-9-21-11-16/h5-6,10,13,16H,7-9,11,18H2,1-2H3,(H,19,20). The van der Waals surface area contributed by atoms with Crippen molar-refractivity contribution >= 4 is 5.91 Å². The molecule has 1 fully saturated rings. The number of hydrogen-bond acceptors (Lipinski definition) is 3. The highest BCUT2D eigenvalue weighted by Crippen LogP contribution is 2.17. The van der Waals surface area contributed by atoms with Gasteiger partial charge < -0.3 is 15.8 Å². The monoisotopic (exact) mass is 286 g/mol. The normalized spacial score (nSPS) is 18.7. The fourth-order valence-corrected chi connectivity index (χ4v) is 2.40. The van der Waals surface area contributed by atoms with E-state index in [1.807, 2.05) is 32.0 Å². The molecule has 4 nitrogen and oxygen atoms in total. The van der Waals surface area contributed by atoms with Gasteiger partial charge in [0.1, 0.15) is 0 Å². The van der Waals surface area contributed by atoms with Gasteiger partial charge in [-0.2, -0.15) is 0 Å². The van der Waals surface area contributed by atoms with Crippen molar-refractivity contribution in [1.29, 1.82) is 0 Å². The van der Waals surface area contributed by atoms with Crippen molar-refractivity contribution in [3.8, 4) is 11.8 Å². The number of carbonyl (C=O) groups is 1. The Kier molecular flexibility index (Phi) is 5.38. The molecule has 1 aromatic rings. The number of benzene rings is 1. The van der Waals surface area contributed by atoms with E-state index in [-0.39, 0.29) is 11.9 Å². The second-order valence-electron chi connectivity index (χ2n) is 5.42. The van der Waals surface area contributed by atoms with Gasteiger partial charge in [0.05, 0.1) is 13.2 Å². The summed E-state index contributed by atoms with van der Waals surface area (Å²) in [5.41, 5.74) is 7.93. The van der Waals surface area contributed by atoms with Crippen molar-refractivity contribution in [2.24, 2.45) is 11.7 Å². The van der Waals surface area contributed by atoms with Crippen LogP contribution in [0.1, 0.15) is 34.8 Å². The van der Waals surface area contributed by atoms with Crippen LogP contribution >= 0.6 is 0 Å². The van der Waals surface area contributed by atoms with Crippen LogP contribution in [0.4, 0.5) is 0 Å². The van der Waals surface area contributed by atoms with Crippen LogP contribution < -0.4 is 11.1 Å². The molecule has 2 unspecified atom stereocenters. The smallest absolute Gasteiger partial charge is 0.251 e. The van der Waals surface area contributed by atoms with E-state index in [0.29, 0.717) is 18.0 Å². The van der Waals surface area contributed by atoms with E-state index in [4.69, 9.17) is 10.5 Å². The number of nitrogens with two attached hydrogens (primary N) is 1. The van der Waals surface area contributed by atoms with Crippen molar-refractivity contribution in [3.05, 3.63) is 34.9 Å². The third-order valence-corrected chi connectivity index (χ3v) is 3.86. The molecule has 0 bridgehead atoms. The maximum atomic E-state index is 12.3. The van der Waals surface area contributed by atoms with Crippen LogP contribution in [0.25, 0.3) is 0 Å². The van der Waals surface area contributed by atoms with Crippen LogP contribution in [-0.4, -0.2) is 31.7 Å². The zero-order chi connectivity index (χ0) is 15.2. The molecule has 0 radical (unpaired) electrons. The first kappa shape index (κ1) is 15.6. The molecule has 1 aliphatic rings. The molecule has 21 heavy (non-hydrogen) atoms. The maximum absolute atomic E-state index is 12.3. The summed E-state index contributed by atoms with van der Waals surface area (Å²) in [6.07, 6.45) is 1.00. The van der Waals surface area contributed by atoms with Crippen LogP contribution in [-0.2, 0) is 4.74 Å². The highest BCUT2D eigenvalue weighted by molar-refractivity contribution is 5.94. The number of ether oxygens (including phenoxy) is 1. The SMILES string of the molecule is Cc1ccc(C(=O)NC(C)C2CCOC2)cc1C#CCN. The average molecular weight is 286 g/mol. The lowest BCUT2D eigenvalue weighted by Crippen LogP contribution is -2.38. The predicted octanol–water partition coefficient (Wildman–Crippen LogP) is 1.46. The number of amides is 1. The summed E-state index contributed by atoms with van der Waals surface area (Å²) in [6, 6.07) is 5.68. The second kappa shape index (κ2) is 7.26. The van der Waals surface area contributed by atoms with Gasteiger partial charge in [-0.3, -0.25) is 4.79 Å². The second-order valence-corrected chi connectivity index (χ2v) is 5.42. The van der Waals surface area contributed by atoms with Gasteiger partial charge in [0, 0.05) is 29.7 Å². The molecule has 0 aliphatic carbocycles. The first-order valence-corrected chi connectivity index (χ1v) is 7.30. The van der Waals surface area contributed by atoms with Gasteiger partial charge in [0.15, 0.2) is 0 Å². The van der Waals surface area contributed by atoms with Crippen molar-refractivity contribution in [2.45, 2.75) is 26.3 Å². The molecule has 1 heterocycles. The van der Waals surface area contributed by atoms with Crippen molar-refractivity contribution in [1.82, 2.24) is 5.32 Å². The highest BCUT2D eigenvalue weighted by Gasteiger charge is 2.23. The fourth-order valence-electron chi connectivity index (χ4n) is 2.40. The van der Waals surface area contributed by atoms with E-state index < -0.39 is 0 Å². The van der Waals surface area contributed by atoms with Crippen LogP contribution in [0, 0.1) is 24.7 Å². The van der Waals surface area contributed by atoms with Crippen LogP contribution in [0.5, 0.6) is 0 Å². The Morgan fingerprint density at radius 2 is 2.38 bits per heavy atom. The molecule has 1 aromatic carbocycles. The third-order valence-electron chi connectivity index (χ3n) is 3.86.